The van der Waals surface area contributed by atoms with E-state index in [2.05, 4.69) is 14.7 Å². The van der Waals surface area contributed by atoms with Crippen molar-refractivity contribution in [3.63, 3.8) is 0 Å². The highest BCUT2D eigenvalue weighted by Gasteiger charge is 2.36. The predicted molar refractivity (Wildman–Crippen MR) is 54.3 cm³/mol. The van der Waals surface area contributed by atoms with E-state index in [1.54, 1.807) is 0 Å². The lowest BCUT2D eigenvalue weighted by molar-refractivity contribution is -0.137. The van der Waals surface area contributed by atoms with Crippen molar-refractivity contribution in [1.29, 1.82) is 0 Å². The quantitative estimate of drug-likeness (QED) is 0.860. The fourth-order valence-electron chi connectivity index (χ4n) is 1.45. The minimum absolute atomic E-state index is 0.0126. The van der Waals surface area contributed by atoms with Crippen LogP contribution in [0.3, 0.4) is 0 Å². The van der Waals surface area contributed by atoms with Crippen LogP contribution in [0.25, 0.3) is 11.4 Å². The zero-order valence-corrected chi connectivity index (χ0v) is 8.90. The van der Waals surface area contributed by atoms with Gasteiger partial charge in [-0.05, 0) is 12.1 Å². The average Bonchev–Trinajstić information content (AvgIpc) is 2.75. The van der Waals surface area contributed by atoms with Crippen molar-refractivity contribution in [3.05, 3.63) is 29.7 Å². The summed E-state index contributed by atoms with van der Waals surface area (Å²) in [7, 11) is 0. The third-order valence-corrected chi connectivity index (χ3v) is 2.21. The molecule has 0 unspecified atom stereocenters. The van der Waals surface area contributed by atoms with Crippen LogP contribution in [-0.4, -0.2) is 15.2 Å². The van der Waals surface area contributed by atoms with Crippen molar-refractivity contribution in [2.45, 2.75) is 12.7 Å². The lowest BCUT2D eigenvalue weighted by Gasteiger charge is -2.11. The van der Waals surface area contributed by atoms with Gasteiger partial charge < -0.3 is 15.4 Å². The molecule has 8 heteroatoms. The van der Waals surface area contributed by atoms with Crippen LogP contribution in [0.2, 0.25) is 0 Å². The molecule has 96 valence electrons. The Hall–Kier alpha value is -2.09. The first kappa shape index (κ1) is 12.4. The summed E-state index contributed by atoms with van der Waals surface area (Å²) in [6.07, 6.45) is -4.63. The normalized spacial score (nSPS) is 11.8. The number of alkyl halides is 3. The van der Waals surface area contributed by atoms with Crippen molar-refractivity contribution in [2.24, 2.45) is 5.73 Å². The van der Waals surface area contributed by atoms with Gasteiger partial charge in [0.15, 0.2) is 0 Å². The first-order valence-corrected chi connectivity index (χ1v) is 4.85. The predicted octanol–water partition coefficient (Wildman–Crippen LogP) is 1.92. The molecule has 2 aromatic rings. The molecule has 2 rings (SSSR count). The van der Waals surface area contributed by atoms with Crippen LogP contribution >= 0.6 is 0 Å². The number of aromatic hydroxyl groups is 1. The summed E-state index contributed by atoms with van der Waals surface area (Å²) in [6.45, 7) is -0.0953. The maximum atomic E-state index is 12.8. The zero-order chi connectivity index (χ0) is 13.3. The summed E-state index contributed by atoms with van der Waals surface area (Å²) >= 11 is 0. The SMILES string of the molecule is NCc1nc(-c2c(O)cccc2C(F)(F)F)no1. The molecule has 1 heterocycles. The van der Waals surface area contributed by atoms with E-state index in [1.165, 1.54) is 0 Å². The number of hydrogen-bond donors (Lipinski definition) is 2. The Morgan fingerprint density at radius 2 is 2.06 bits per heavy atom. The van der Waals surface area contributed by atoms with Crippen molar-refractivity contribution in [1.82, 2.24) is 10.1 Å². The van der Waals surface area contributed by atoms with E-state index < -0.39 is 23.1 Å². The smallest absolute Gasteiger partial charge is 0.417 e. The van der Waals surface area contributed by atoms with Crippen molar-refractivity contribution in [2.75, 3.05) is 0 Å². The minimum atomic E-state index is -4.63. The molecule has 0 saturated heterocycles. The van der Waals surface area contributed by atoms with Crippen molar-refractivity contribution in [3.8, 4) is 17.1 Å². The molecule has 0 aliphatic carbocycles. The summed E-state index contributed by atoms with van der Waals surface area (Å²) < 4.78 is 43.0. The fraction of sp³-hybridized carbons (Fsp3) is 0.200. The van der Waals surface area contributed by atoms with Gasteiger partial charge in [-0.15, -0.1) is 0 Å². The van der Waals surface area contributed by atoms with Crippen LogP contribution in [0.1, 0.15) is 11.5 Å². The van der Waals surface area contributed by atoms with Crippen molar-refractivity contribution >= 4 is 0 Å². The fourth-order valence-corrected chi connectivity index (χ4v) is 1.45. The number of halogens is 3. The maximum absolute atomic E-state index is 12.8. The number of nitrogens with zero attached hydrogens (tertiary/aromatic N) is 2. The average molecular weight is 259 g/mol. The van der Waals surface area contributed by atoms with E-state index in [1.807, 2.05) is 0 Å². The van der Waals surface area contributed by atoms with Gasteiger partial charge in [-0.2, -0.15) is 18.2 Å². The van der Waals surface area contributed by atoms with E-state index >= 15 is 0 Å². The lowest BCUT2D eigenvalue weighted by Crippen LogP contribution is -2.07. The monoisotopic (exact) mass is 259 g/mol. The van der Waals surface area contributed by atoms with Gasteiger partial charge in [-0.25, -0.2) is 0 Å². The first-order valence-electron chi connectivity index (χ1n) is 4.85. The molecular weight excluding hydrogens is 251 g/mol. The molecule has 1 aromatic carbocycles. The first-order chi connectivity index (χ1) is 8.43. The Bertz CT molecular complexity index is 566. The molecule has 5 nitrogen and oxygen atoms in total. The highest BCUT2D eigenvalue weighted by molar-refractivity contribution is 5.68. The van der Waals surface area contributed by atoms with E-state index in [-0.39, 0.29) is 18.3 Å². The van der Waals surface area contributed by atoms with E-state index in [0.717, 1.165) is 18.2 Å². The number of benzene rings is 1. The van der Waals surface area contributed by atoms with Gasteiger partial charge in [0, 0.05) is 0 Å². The molecule has 1 aromatic heterocycles. The van der Waals surface area contributed by atoms with Crippen LogP contribution in [0.5, 0.6) is 5.75 Å². The number of phenols is 1. The minimum Gasteiger partial charge on any atom is -0.507 e. The molecule has 0 bridgehead atoms. The summed E-state index contributed by atoms with van der Waals surface area (Å²) in [6, 6.07) is 3.03. The van der Waals surface area contributed by atoms with Gasteiger partial charge >= 0.3 is 6.18 Å². The number of phenolic OH excluding ortho intramolecular Hbond substituents is 1. The highest BCUT2D eigenvalue weighted by Crippen LogP contribution is 2.40. The molecular formula is C10H8F3N3O2. The summed E-state index contributed by atoms with van der Waals surface area (Å²) in [5.41, 5.74) is 3.67. The van der Waals surface area contributed by atoms with Gasteiger partial charge in [0.25, 0.3) is 0 Å². The summed E-state index contributed by atoms with van der Waals surface area (Å²) in [5.74, 6) is -0.934. The van der Waals surface area contributed by atoms with Crippen LogP contribution in [-0.2, 0) is 12.7 Å². The number of aromatic nitrogens is 2. The number of nitrogens with two attached hydrogens (primary N) is 1. The van der Waals surface area contributed by atoms with Crippen LogP contribution in [0.4, 0.5) is 13.2 Å². The maximum Gasteiger partial charge on any atom is 0.417 e. The topological polar surface area (TPSA) is 85.2 Å². The Morgan fingerprint density at radius 3 is 2.61 bits per heavy atom. The molecule has 0 radical (unpaired) electrons. The largest absolute Gasteiger partial charge is 0.507 e. The van der Waals surface area contributed by atoms with E-state index in [9.17, 15) is 18.3 Å². The second-order valence-electron chi connectivity index (χ2n) is 3.41. The summed E-state index contributed by atoms with van der Waals surface area (Å²) in [4.78, 5) is 3.67. The lowest BCUT2D eigenvalue weighted by atomic mass is 10.1. The molecule has 0 saturated carbocycles. The second kappa shape index (κ2) is 4.30. The number of hydrogen-bond acceptors (Lipinski definition) is 5. The van der Waals surface area contributed by atoms with Gasteiger partial charge in [0.05, 0.1) is 17.7 Å². The van der Waals surface area contributed by atoms with Crippen LogP contribution in [0, 0.1) is 0 Å². The van der Waals surface area contributed by atoms with Gasteiger partial charge in [-0.1, -0.05) is 11.2 Å². The molecule has 3 N–H and O–H groups in total. The molecule has 0 amide bonds. The number of rotatable bonds is 2. The molecule has 0 spiro atoms. The van der Waals surface area contributed by atoms with Crippen LogP contribution in [0.15, 0.2) is 22.7 Å². The standard InChI is InChI=1S/C10H8F3N3O2/c11-10(12,13)5-2-1-3-6(17)8(5)9-15-7(4-14)18-16-9/h1-3,17H,4,14H2. The molecule has 0 aliphatic heterocycles. The third-order valence-electron chi connectivity index (χ3n) is 2.21. The van der Waals surface area contributed by atoms with E-state index in [4.69, 9.17) is 5.73 Å². The molecule has 0 fully saturated rings. The Balaban J connectivity index is 2.62. The van der Waals surface area contributed by atoms with Crippen LogP contribution < -0.4 is 5.73 Å². The van der Waals surface area contributed by atoms with Gasteiger partial charge in [0.1, 0.15) is 5.75 Å². The highest BCUT2D eigenvalue weighted by atomic mass is 19.4. The zero-order valence-electron chi connectivity index (χ0n) is 8.90. The third kappa shape index (κ3) is 2.14. The van der Waals surface area contributed by atoms with Gasteiger partial charge in [-0.3, -0.25) is 0 Å². The molecule has 18 heavy (non-hydrogen) atoms. The Morgan fingerprint density at radius 1 is 1.33 bits per heavy atom. The molecule has 0 atom stereocenters. The molecule has 0 aliphatic rings. The van der Waals surface area contributed by atoms with Gasteiger partial charge in [0.2, 0.25) is 11.7 Å². The Kier molecular flexibility index (Phi) is 2.95. The van der Waals surface area contributed by atoms with Crippen molar-refractivity contribution < 1.29 is 22.8 Å². The van der Waals surface area contributed by atoms with E-state index in [0.29, 0.717) is 0 Å². The Labute approximate surface area is 99.0 Å². The summed E-state index contributed by atoms with van der Waals surface area (Å²) in [5, 5.41) is 12.9. The second-order valence-corrected chi connectivity index (χ2v) is 3.41.